The van der Waals surface area contributed by atoms with Crippen molar-refractivity contribution in [3.63, 3.8) is 0 Å². The van der Waals surface area contributed by atoms with Gasteiger partial charge in [0.2, 0.25) is 0 Å². The Morgan fingerprint density at radius 3 is 2.94 bits per heavy atom. The van der Waals surface area contributed by atoms with Gasteiger partial charge in [0.25, 0.3) is 5.69 Å². The van der Waals surface area contributed by atoms with Gasteiger partial charge in [0.15, 0.2) is 0 Å². The summed E-state index contributed by atoms with van der Waals surface area (Å²) in [6.07, 6.45) is 1.37. The van der Waals surface area contributed by atoms with Crippen molar-refractivity contribution >= 4 is 11.7 Å². The zero-order valence-electron chi connectivity index (χ0n) is 9.39. The van der Waals surface area contributed by atoms with Crippen LogP contribution < -0.4 is 0 Å². The van der Waals surface area contributed by atoms with Gasteiger partial charge in [-0.05, 0) is 13.8 Å². The summed E-state index contributed by atoms with van der Waals surface area (Å²) in [5, 5.41) is 10.6. The Hall–Kier alpha value is -2.42. The monoisotopic (exact) mass is 234 g/mol. The molecule has 0 unspecified atom stereocenters. The van der Waals surface area contributed by atoms with Gasteiger partial charge in [-0.3, -0.25) is 15.1 Å². The molecule has 0 aliphatic heterocycles. The largest absolute Gasteiger partial charge is 0.456 e. The van der Waals surface area contributed by atoms with Crippen LogP contribution in [-0.2, 0) is 9.53 Å². The van der Waals surface area contributed by atoms with Crippen LogP contribution in [0, 0.1) is 28.9 Å². The summed E-state index contributed by atoms with van der Waals surface area (Å²) in [5.74, 6) is 4.00. The maximum atomic E-state index is 11.0. The maximum Gasteiger partial charge on any atom is 0.384 e. The minimum absolute atomic E-state index is 0.124. The number of hydrogen-bond donors (Lipinski definition) is 0. The molecule has 0 saturated heterocycles. The predicted octanol–water partition coefficient (Wildman–Crippen LogP) is 1.21. The van der Waals surface area contributed by atoms with Crippen molar-refractivity contribution in [1.29, 1.82) is 0 Å². The van der Waals surface area contributed by atoms with Crippen molar-refractivity contribution in [2.24, 2.45) is 0 Å². The molecular formula is C11H10N2O4. The normalized spacial score (nSPS) is 9.06. The molecule has 0 radical (unpaired) electrons. The van der Waals surface area contributed by atoms with Crippen LogP contribution in [0.3, 0.4) is 0 Å². The summed E-state index contributed by atoms with van der Waals surface area (Å²) in [4.78, 5) is 24.9. The average molecular weight is 234 g/mol. The van der Waals surface area contributed by atoms with Gasteiger partial charge < -0.3 is 4.74 Å². The highest BCUT2D eigenvalue weighted by Gasteiger charge is 2.11. The first-order valence-corrected chi connectivity index (χ1v) is 4.84. The van der Waals surface area contributed by atoms with Crippen molar-refractivity contribution in [2.75, 3.05) is 6.61 Å². The SMILES string of the molecule is CCOC(=O)C#Cc1cnc(C)c([N+](=O)[O-])c1. The number of nitro groups is 1. The second-order valence-corrected chi connectivity index (χ2v) is 3.06. The molecular weight excluding hydrogens is 224 g/mol. The van der Waals surface area contributed by atoms with Crippen molar-refractivity contribution < 1.29 is 14.5 Å². The van der Waals surface area contributed by atoms with Gasteiger partial charge in [0.05, 0.1) is 17.1 Å². The van der Waals surface area contributed by atoms with Crippen molar-refractivity contribution in [2.45, 2.75) is 13.8 Å². The van der Waals surface area contributed by atoms with Crippen LogP contribution in [0.5, 0.6) is 0 Å². The van der Waals surface area contributed by atoms with Crippen LogP contribution in [-0.4, -0.2) is 22.5 Å². The molecule has 1 aromatic rings. The number of hydrogen-bond acceptors (Lipinski definition) is 5. The lowest BCUT2D eigenvalue weighted by Gasteiger charge is -1.96. The fourth-order valence-electron chi connectivity index (χ4n) is 1.07. The van der Waals surface area contributed by atoms with Gasteiger partial charge >= 0.3 is 5.97 Å². The summed E-state index contributed by atoms with van der Waals surface area (Å²) in [6.45, 7) is 3.43. The molecule has 88 valence electrons. The van der Waals surface area contributed by atoms with E-state index in [0.717, 1.165) is 0 Å². The molecule has 0 bridgehead atoms. The third-order valence-corrected chi connectivity index (χ3v) is 1.84. The number of aromatic nitrogens is 1. The Balaban J connectivity index is 2.97. The maximum absolute atomic E-state index is 11.0. The molecule has 1 rings (SSSR count). The molecule has 0 amide bonds. The zero-order valence-corrected chi connectivity index (χ0v) is 9.39. The van der Waals surface area contributed by atoms with Gasteiger partial charge in [-0.2, -0.15) is 0 Å². The van der Waals surface area contributed by atoms with Crippen LogP contribution in [0.25, 0.3) is 0 Å². The number of ether oxygens (including phenoxy) is 1. The van der Waals surface area contributed by atoms with Crippen molar-refractivity contribution in [3.8, 4) is 11.8 Å². The Bertz CT molecular complexity index is 514. The lowest BCUT2D eigenvalue weighted by atomic mass is 10.2. The molecule has 0 saturated carbocycles. The van der Waals surface area contributed by atoms with Crippen LogP contribution in [0.1, 0.15) is 18.2 Å². The van der Waals surface area contributed by atoms with Gasteiger partial charge in [-0.25, -0.2) is 4.79 Å². The summed E-state index contributed by atoms with van der Waals surface area (Å²) >= 11 is 0. The van der Waals surface area contributed by atoms with Crippen molar-refractivity contribution in [1.82, 2.24) is 4.98 Å². The minimum Gasteiger partial charge on any atom is -0.456 e. The highest BCUT2D eigenvalue weighted by atomic mass is 16.6. The first-order valence-electron chi connectivity index (χ1n) is 4.84. The fraction of sp³-hybridized carbons (Fsp3) is 0.273. The van der Waals surface area contributed by atoms with Gasteiger partial charge in [0, 0.05) is 18.2 Å². The number of aryl methyl sites for hydroxylation is 1. The second-order valence-electron chi connectivity index (χ2n) is 3.06. The molecule has 0 fully saturated rings. The highest BCUT2D eigenvalue weighted by molar-refractivity contribution is 5.89. The van der Waals surface area contributed by atoms with E-state index >= 15 is 0 Å². The van der Waals surface area contributed by atoms with Crippen LogP contribution in [0.4, 0.5) is 5.69 Å². The lowest BCUT2D eigenvalue weighted by Crippen LogP contribution is -2.00. The van der Waals surface area contributed by atoms with Gasteiger partial charge in [-0.15, -0.1) is 0 Å². The first-order chi connectivity index (χ1) is 8.04. The van der Waals surface area contributed by atoms with E-state index in [1.165, 1.54) is 19.2 Å². The predicted molar refractivity (Wildman–Crippen MR) is 59.1 cm³/mol. The number of carbonyl (C=O) groups is 1. The number of nitrogens with zero attached hydrogens (tertiary/aromatic N) is 2. The molecule has 0 atom stereocenters. The van der Waals surface area contributed by atoms with E-state index in [-0.39, 0.29) is 12.3 Å². The Labute approximate surface area is 97.8 Å². The number of carbonyl (C=O) groups excluding carboxylic acids is 1. The van der Waals surface area contributed by atoms with Crippen LogP contribution in [0.2, 0.25) is 0 Å². The molecule has 17 heavy (non-hydrogen) atoms. The fourth-order valence-corrected chi connectivity index (χ4v) is 1.07. The summed E-state index contributed by atoms with van der Waals surface area (Å²) in [7, 11) is 0. The Kier molecular flexibility index (Phi) is 4.17. The van der Waals surface area contributed by atoms with E-state index in [1.807, 2.05) is 0 Å². The molecule has 0 spiro atoms. The molecule has 0 aliphatic rings. The molecule has 6 heteroatoms. The zero-order chi connectivity index (χ0) is 12.8. The third kappa shape index (κ3) is 3.57. The molecule has 0 aliphatic carbocycles. The third-order valence-electron chi connectivity index (χ3n) is 1.84. The second kappa shape index (κ2) is 5.61. The van der Waals surface area contributed by atoms with Gasteiger partial charge in [0.1, 0.15) is 5.69 Å². The number of pyridine rings is 1. The summed E-state index contributed by atoms with van der Waals surface area (Å²) in [6, 6.07) is 1.27. The quantitative estimate of drug-likeness (QED) is 0.332. The van der Waals surface area contributed by atoms with E-state index in [2.05, 4.69) is 21.6 Å². The summed E-state index contributed by atoms with van der Waals surface area (Å²) in [5.41, 5.74) is 0.479. The van der Waals surface area contributed by atoms with E-state index < -0.39 is 10.9 Å². The highest BCUT2D eigenvalue weighted by Crippen LogP contribution is 2.15. The van der Waals surface area contributed by atoms with Crippen LogP contribution >= 0.6 is 0 Å². The van der Waals surface area contributed by atoms with E-state index in [0.29, 0.717) is 11.3 Å². The van der Waals surface area contributed by atoms with E-state index in [9.17, 15) is 14.9 Å². The lowest BCUT2D eigenvalue weighted by molar-refractivity contribution is -0.385. The first kappa shape index (κ1) is 12.6. The van der Waals surface area contributed by atoms with E-state index in [4.69, 9.17) is 0 Å². The smallest absolute Gasteiger partial charge is 0.384 e. The minimum atomic E-state index is -0.671. The van der Waals surface area contributed by atoms with Crippen molar-refractivity contribution in [3.05, 3.63) is 33.6 Å². The number of esters is 1. The molecule has 0 aromatic carbocycles. The summed E-state index contributed by atoms with van der Waals surface area (Å²) < 4.78 is 4.60. The average Bonchev–Trinajstić information content (AvgIpc) is 2.28. The molecule has 1 heterocycles. The van der Waals surface area contributed by atoms with E-state index in [1.54, 1.807) is 6.92 Å². The molecule has 1 aromatic heterocycles. The van der Waals surface area contributed by atoms with Gasteiger partial charge in [-0.1, -0.05) is 5.92 Å². The molecule has 6 nitrogen and oxygen atoms in total. The number of rotatable bonds is 2. The molecule has 0 N–H and O–H groups in total. The Morgan fingerprint density at radius 2 is 2.35 bits per heavy atom. The standard InChI is InChI=1S/C11H10N2O4/c1-3-17-11(14)5-4-9-6-10(13(15)16)8(2)12-7-9/h6-7H,3H2,1-2H3. The Morgan fingerprint density at radius 1 is 1.65 bits per heavy atom. The topological polar surface area (TPSA) is 82.3 Å². The van der Waals surface area contributed by atoms with Crippen LogP contribution in [0.15, 0.2) is 12.3 Å².